The first-order valence-corrected chi connectivity index (χ1v) is 10.7. The Hall–Kier alpha value is -3.21. The summed E-state index contributed by atoms with van der Waals surface area (Å²) < 4.78 is 84.4. The summed E-state index contributed by atoms with van der Waals surface area (Å²) in [5.41, 5.74) is 1.07. The lowest BCUT2D eigenvalue weighted by Crippen LogP contribution is -2.31. The smallest absolute Gasteiger partial charge is 0.405 e. The van der Waals surface area contributed by atoms with Gasteiger partial charge in [-0.3, -0.25) is 10.3 Å². The molecule has 1 aliphatic carbocycles. The van der Waals surface area contributed by atoms with Gasteiger partial charge in [-0.2, -0.15) is 13.2 Å². The SMILES string of the molecule is FC(F)(F)Oc1ccccc1-c1cc(C(F)(F)F)c2nc(C3=CC4(CCCCC4)ON3)[nH]c2c1. The topological polar surface area (TPSA) is 59.2 Å². The van der Waals surface area contributed by atoms with E-state index in [0.29, 0.717) is 5.70 Å². The van der Waals surface area contributed by atoms with Crippen molar-refractivity contribution >= 4 is 16.7 Å². The highest BCUT2D eigenvalue weighted by molar-refractivity contribution is 5.88. The Morgan fingerprint density at radius 3 is 2.41 bits per heavy atom. The fraction of sp³-hybridized carbons (Fsp3) is 0.348. The van der Waals surface area contributed by atoms with E-state index in [1.54, 1.807) is 0 Å². The zero-order valence-electron chi connectivity index (χ0n) is 17.6. The quantitative estimate of drug-likeness (QED) is 0.406. The highest BCUT2D eigenvalue weighted by Crippen LogP contribution is 2.42. The van der Waals surface area contributed by atoms with Gasteiger partial charge in [-0.25, -0.2) is 4.98 Å². The summed E-state index contributed by atoms with van der Waals surface area (Å²) in [6, 6.07) is 7.14. The number of hydrogen-bond acceptors (Lipinski definition) is 4. The zero-order valence-corrected chi connectivity index (χ0v) is 17.6. The zero-order chi connectivity index (χ0) is 24.1. The van der Waals surface area contributed by atoms with Crippen molar-refractivity contribution in [2.24, 2.45) is 0 Å². The first-order valence-electron chi connectivity index (χ1n) is 10.7. The number of nitrogens with one attached hydrogen (secondary N) is 2. The van der Waals surface area contributed by atoms with Crippen LogP contribution in [-0.2, 0) is 11.0 Å². The molecule has 0 atom stereocenters. The lowest BCUT2D eigenvalue weighted by atomic mass is 9.84. The molecule has 2 aliphatic rings. The van der Waals surface area contributed by atoms with Crippen LogP contribution in [0.5, 0.6) is 5.75 Å². The van der Waals surface area contributed by atoms with Crippen LogP contribution < -0.4 is 10.2 Å². The molecule has 1 spiro atoms. The minimum atomic E-state index is -5.00. The van der Waals surface area contributed by atoms with Gasteiger partial charge >= 0.3 is 12.5 Å². The van der Waals surface area contributed by atoms with E-state index < -0.39 is 29.5 Å². The molecule has 3 aromatic rings. The van der Waals surface area contributed by atoms with Crippen molar-refractivity contribution in [2.75, 3.05) is 0 Å². The second-order valence-corrected chi connectivity index (χ2v) is 8.43. The molecular formula is C23H19F6N3O2. The number of hydrogen-bond donors (Lipinski definition) is 2. The van der Waals surface area contributed by atoms with Crippen LogP contribution in [0.3, 0.4) is 0 Å². The Bertz CT molecular complexity index is 1260. The molecule has 1 fully saturated rings. The normalized spacial score (nSPS) is 18.2. The first kappa shape index (κ1) is 22.6. The van der Waals surface area contributed by atoms with Crippen LogP contribution in [0.1, 0.15) is 43.5 Å². The van der Waals surface area contributed by atoms with E-state index in [-0.39, 0.29) is 28.0 Å². The van der Waals surface area contributed by atoms with Crippen molar-refractivity contribution in [3.8, 4) is 16.9 Å². The molecular weight excluding hydrogens is 464 g/mol. The van der Waals surface area contributed by atoms with E-state index in [9.17, 15) is 26.3 Å². The Labute approximate surface area is 189 Å². The summed E-state index contributed by atoms with van der Waals surface area (Å²) in [5, 5.41) is 0. The average Bonchev–Trinajstić information content (AvgIpc) is 3.36. The van der Waals surface area contributed by atoms with E-state index in [0.717, 1.165) is 44.2 Å². The molecule has 1 aliphatic heterocycles. The number of halogens is 6. The van der Waals surface area contributed by atoms with E-state index in [1.807, 2.05) is 6.08 Å². The number of nitrogens with zero attached hydrogens (tertiary/aromatic N) is 1. The number of imidazole rings is 1. The van der Waals surface area contributed by atoms with Gasteiger partial charge < -0.3 is 9.72 Å². The monoisotopic (exact) mass is 483 g/mol. The van der Waals surface area contributed by atoms with E-state index in [1.165, 1.54) is 24.3 Å². The van der Waals surface area contributed by atoms with Crippen LogP contribution in [0.25, 0.3) is 27.9 Å². The molecule has 1 saturated carbocycles. The number of benzene rings is 2. The van der Waals surface area contributed by atoms with Gasteiger partial charge in [0.2, 0.25) is 0 Å². The molecule has 0 saturated heterocycles. The van der Waals surface area contributed by atoms with Crippen molar-refractivity contribution in [2.45, 2.75) is 50.2 Å². The minimum Gasteiger partial charge on any atom is -0.405 e. The summed E-state index contributed by atoms with van der Waals surface area (Å²) in [4.78, 5) is 12.8. The van der Waals surface area contributed by atoms with Crippen molar-refractivity contribution in [3.63, 3.8) is 0 Å². The van der Waals surface area contributed by atoms with Gasteiger partial charge in [-0.05, 0) is 42.7 Å². The lowest BCUT2D eigenvalue weighted by molar-refractivity contribution is -0.274. The molecule has 34 heavy (non-hydrogen) atoms. The van der Waals surface area contributed by atoms with Crippen LogP contribution in [0.4, 0.5) is 26.3 Å². The Balaban J connectivity index is 1.62. The van der Waals surface area contributed by atoms with Gasteiger partial charge in [0.1, 0.15) is 22.6 Å². The van der Waals surface area contributed by atoms with Crippen molar-refractivity contribution in [3.05, 3.63) is 53.9 Å². The number of aromatic amines is 1. The van der Waals surface area contributed by atoms with E-state index >= 15 is 0 Å². The Morgan fingerprint density at radius 2 is 1.71 bits per heavy atom. The predicted molar refractivity (Wildman–Crippen MR) is 111 cm³/mol. The summed E-state index contributed by atoms with van der Waals surface area (Å²) >= 11 is 0. The molecule has 2 N–H and O–H groups in total. The van der Waals surface area contributed by atoms with Crippen molar-refractivity contribution in [1.82, 2.24) is 15.4 Å². The van der Waals surface area contributed by atoms with Gasteiger partial charge in [0.25, 0.3) is 0 Å². The van der Waals surface area contributed by atoms with Crippen LogP contribution in [0, 0.1) is 0 Å². The number of fused-ring (bicyclic) bond motifs is 1. The third-order valence-electron chi connectivity index (χ3n) is 6.04. The van der Waals surface area contributed by atoms with Crippen LogP contribution in [0.2, 0.25) is 0 Å². The van der Waals surface area contributed by atoms with E-state index in [4.69, 9.17) is 4.84 Å². The maximum Gasteiger partial charge on any atom is 0.573 e. The van der Waals surface area contributed by atoms with Crippen molar-refractivity contribution < 1.29 is 35.9 Å². The molecule has 5 nitrogen and oxygen atoms in total. The standard InChI is InChI=1S/C23H19F6N3O2/c24-22(25,26)15-10-13(14-6-2-3-7-18(14)33-23(27,28)29)11-16-19(15)31-20(30-16)17-12-21(34-32-17)8-4-1-5-9-21/h2-3,6-7,10-12,32H,1,4-5,8-9H2,(H,30,31). The number of alkyl halides is 6. The van der Waals surface area contributed by atoms with Crippen LogP contribution in [0.15, 0.2) is 42.5 Å². The third kappa shape index (κ3) is 4.31. The molecule has 0 unspecified atom stereocenters. The number of H-pyrrole nitrogens is 1. The molecule has 1 aromatic heterocycles. The van der Waals surface area contributed by atoms with Gasteiger partial charge in [0, 0.05) is 5.56 Å². The minimum absolute atomic E-state index is 0.0222. The molecule has 0 bridgehead atoms. The maximum atomic E-state index is 13.9. The Kier molecular flexibility index (Phi) is 5.27. The summed E-state index contributed by atoms with van der Waals surface area (Å²) in [6.07, 6.45) is -3.32. The average molecular weight is 483 g/mol. The van der Waals surface area contributed by atoms with Gasteiger partial charge in [-0.15, -0.1) is 13.2 Å². The molecule has 5 rings (SSSR count). The van der Waals surface area contributed by atoms with Crippen LogP contribution >= 0.6 is 0 Å². The van der Waals surface area contributed by atoms with Gasteiger partial charge in [0.05, 0.1) is 11.1 Å². The largest absolute Gasteiger partial charge is 0.573 e. The fourth-order valence-corrected chi connectivity index (χ4v) is 4.53. The number of para-hydroxylation sites is 1. The molecule has 2 aromatic carbocycles. The molecule has 11 heteroatoms. The lowest BCUT2D eigenvalue weighted by Gasteiger charge is -2.29. The number of hydroxylamine groups is 1. The van der Waals surface area contributed by atoms with Gasteiger partial charge in [-0.1, -0.05) is 37.5 Å². The number of aromatic nitrogens is 2. The highest BCUT2D eigenvalue weighted by Gasteiger charge is 2.39. The highest BCUT2D eigenvalue weighted by atomic mass is 19.4. The summed E-state index contributed by atoms with van der Waals surface area (Å²) in [6.45, 7) is 0. The number of rotatable bonds is 3. The predicted octanol–water partition coefficient (Wildman–Crippen LogP) is 6.73. The third-order valence-corrected chi connectivity index (χ3v) is 6.04. The Morgan fingerprint density at radius 1 is 0.971 bits per heavy atom. The van der Waals surface area contributed by atoms with E-state index in [2.05, 4.69) is 20.2 Å². The molecule has 2 heterocycles. The summed E-state index contributed by atoms with van der Waals surface area (Å²) in [7, 11) is 0. The molecule has 180 valence electrons. The second-order valence-electron chi connectivity index (χ2n) is 8.43. The van der Waals surface area contributed by atoms with Crippen LogP contribution in [-0.4, -0.2) is 21.9 Å². The first-order chi connectivity index (χ1) is 16.0. The second kappa shape index (κ2) is 7.93. The molecule has 0 amide bonds. The van der Waals surface area contributed by atoms with Crippen molar-refractivity contribution in [1.29, 1.82) is 0 Å². The fourth-order valence-electron chi connectivity index (χ4n) is 4.53. The van der Waals surface area contributed by atoms with Gasteiger partial charge in [0.15, 0.2) is 5.82 Å². The number of ether oxygens (including phenoxy) is 1. The maximum absolute atomic E-state index is 13.9. The summed E-state index contributed by atoms with van der Waals surface area (Å²) in [5.74, 6) is -0.449. The molecule has 0 radical (unpaired) electrons.